The third kappa shape index (κ3) is 5.05. The Balaban J connectivity index is 1.59. The number of methoxy groups -OCH3 is 2. The Hall–Kier alpha value is -3.28. The molecule has 0 radical (unpaired) electrons. The molecule has 1 aliphatic heterocycles. The van der Waals surface area contributed by atoms with Gasteiger partial charge in [0.25, 0.3) is 0 Å². The van der Waals surface area contributed by atoms with Crippen LogP contribution < -0.4 is 14.8 Å². The van der Waals surface area contributed by atoms with Gasteiger partial charge in [-0.3, -0.25) is 14.9 Å². The summed E-state index contributed by atoms with van der Waals surface area (Å²) in [6, 6.07) is 7.87. The highest BCUT2D eigenvalue weighted by atomic mass is 16.5. The van der Waals surface area contributed by atoms with E-state index in [4.69, 9.17) is 9.47 Å². The van der Waals surface area contributed by atoms with E-state index in [0.29, 0.717) is 23.7 Å². The maximum Gasteiger partial charge on any atom is 0.158 e. The quantitative estimate of drug-likeness (QED) is 0.538. The number of benzene rings is 1. The monoisotopic (exact) mass is 448 g/mol. The van der Waals surface area contributed by atoms with Crippen LogP contribution in [0.4, 0.5) is 5.82 Å². The number of hydrogen-bond acceptors (Lipinski definition) is 7. The van der Waals surface area contributed by atoms with Crippen molar-refractivity contribution in [1.82, 2.24) is 25.0 Å². The van der Waals surface area contributed by atoms with Gasteiger partial charge >= 0.3 is 0 Å². The average molecular weight is 449 g/mol. The minimum absolute atomic E-state index is 0.328. The molecule has 0 spiro atoms. The number of fused-ring (bicyclic) bond motifs is 1. The Labute approximate surface area is 195 Å². The lowest BCUT2D eigenvalue weighted by Gasteiger charge is -2.32. The van der Waals surface area contributed by atoms with E-state index in [9.17, 15) is 0 Å². The van der Waals surface area contributed by atoms with Gasteiger partial charge in [-0.1, -0.05) is 18.8 Å². The van der Waals surface area contributed by atoms with E-state index in [0.717, 1.165) is 53.9 Å². The molecule has 0 amide bonds. The zero-order valence-electron chi connectivity index (χ0n) is 20.0. The van der Waals surface area contributed by atoms with Gasteiger partial charge < -0.3 is 14.8 Å². The molecule has 1 saturated heterocycles. The molecule has 0 saturated carbocycles. The topological polar surface area (TPSA) is 78.5 Å². The first kappa shape index (κ1) is 22.9. The largest absolute Gasteiger partial charge is 0.497 e. The van der Waals surface area contributed by atoms with Crippen molar-refractivity contribution >= 4 is 16.9 Å². The lowest BCUT2D eigenvalue weighted by molar-refractivity contribution is 0.0982. The van der Waals surface area contributed by atoms with Crippen LogP contribution in [0.1, 0.15) is 30.9 Å². The molecular weight excluding hydrogens is 416 g/mol. The summed E-state index contributed by atoms with van der Waals surface area (Å²) in [5.74, 6) is 8.74. The SMILES string of the molecule is CC[C@@H](N(C)C)N1CC[C@H](Nc2n[nH]c3nccc(C#Cc4cc(OC)cc(OC)c4)c23)C1. The number of rotatable bonds is 7. The molecule has 8 heteroatoms. The molecule has 1 aromatic carbocycles. The molecule has 8 nitrogen and oxygen atoms in total. The summed E-state index contributed by atoms with van der Waals surface area (Å²) in [5.41, 5.74) is 2.41. The summed E-state index contributed by atoms with van der Waals surface area (Å²) in [6.07, 6.45) is 4.38. The average Bonchev–Trinajstić information content (AvgIpc) is 3.45. The van der Waals surface area contributed by atoms with Crippen LogP contribution in [0.5, 0.6) is 11.5 Å². The van der Waals surface area contributed by atoms with Crippen LogP contribution in [-0.2, 0) is 0 Å². The first-order chi connectivity index (χ1) is 16.0. The maximum atomic E-state index is 5.36. The fourth-order valence-corrected chi connectivity index (χ4v) is 4.50. The van der Waals surface area contributed by atoms with Crippen LogP contribution in [0.25, 0.3) is 11.0 Å². The summed E-state index contributed by atoms with van der Waals surface area (Å²) < 4.78 is 10.7. The number of likely N-dealkylation sites (tertiary alicyclic amines) is 1. The van der Waals surface area contributed by atoms with Crippen molar-refractivity contribution in [1.29, 1.82) is 0 Å². The van der Waals surface area contributed by atoms with Gasteiger partial charge in [-0.05, 0) is 45.1 Å². The van der Waals surface area contributed by atoms with Crippen molar-refractivity contribution in [3.63, 3.8) is 0 Å². The van der Waals surface area contributed by atoms with Gasteiger partial charge in [0.15, 0.2) is 11.5 Å². The number of nitrogens with one attached hydrogen (secondary N) is 2. The number of anilines is 1. The van der Waals surface area contributed by atoms with E-state index < -0.39 is 0 Å². The Morgan fingerprint density at radius 2 is 1.97 bits per heavy atom. The summed E-state index contributed by atoms with van der Waals surface area (Å²) in [6.45, 7) is 4.29. The van der Waals surface area contributed by atoms with Crippen molar-refractivity contribution < 1.29 is 9.47 Å². The Bertz CT molecular complexity index is 1140. The van der Waals surface area contributed by atoms with Crippen LogP contribution >= 0.6 is 0 Å². The second-order valence-corrected chi connectivity index (χ2v) is 8.48. The number of pyridine rings is 1. The minimum atomic E-state index is 0.328. The molecular formula is C25H32N6O2. The number of aromatic nitrogens is 3. The summed E-state index contributed by atoms with van der Waals surface area (Å²) >= 11 is 0. The molecule has 4 rings (SSSR count). The van der Waals surface area contributed by atoms with E-state index in [2.05, 4.69) is 63.2 Å². The van der Waals surface area contributed by atoms with Crippen LogP contribution in [0.2, 0.25) is 0 Å². The zero-order chi connectivity index (χ0) is 23.4. The van der Waals surface area contributed by atoms with Crippen molar-refractivity contribution in [2.24, 2.45) is 0 Å². The first-order valence-corrected chi connectivity index (χ1v) is 11.3. The third-order valence-corrected chi connectivity index (χ3v) is 6.10. The lowest BCUT2D eigenvalue weighted by Crippen LogP contribution is -2.44. The van der Waals surface area contributed by atoms with Crippen LogP contribution in [-0.4, -0.2) is 78.6 Å². The molecule has 3 aromatic rings. The van der Waals surface area contributed by atoms with E-state index in [1.165, 1.54) is 0 Å². The summed E-state index contributed by atoms with van der Waals surface area (Å²) in [5, 5.41) is 12.1. The van der Waals surface area contributed by atoms with Crippen molar-refractivity contribution in [2.75, 3.05) is 46.7 Å². The smallest absolute Gasteiger partial charge is 0.158 e. The minimum Gasteiger partial charge on any atom is -0.497 e. The molecule has 174 valence electrons. The molecule has 1 fully saturated rings. The number of aromatic amines is 1. The van der Waals surface area contributed by atoms with E-state index in [1.807, 2.05) is 24.3 Å². The Morgan fingerprint density at radius 1 is 1.21 bits per heavy atom. The van der Waals surface area contributed by atoms with Gasteiger partial charge in [-0.25, -0.2) is 4.98 Å². The van der Waals surface area contributed by atoms with Crippen LogP contribution in [0, 0.1) is 11.8 Å². The molecule has 33 heavy (non-hydrogen) atoms. The molecule has 2 atom stereocenters. The fourth-order valence-electron chi connectivity index (χ4n) is 4.50. The number of nitrogens with zero attached hydrogens (tertiary/aromatic N) is 4. The van der Waals surface area contributed by atoms with Gasteiger partial charge in [-0.15, -0.1) is 0 Å². The second-order valence-electron chi connectivity index (χ2n) is 8.48. The van der Waals surface area contributed by atoms with Gasteiger partial charge in [0, 0.05) is 42.5 Å². The third-order valence-electron chi connectivity index (χ3n) is 6.10. The predicted molar refractivity (Wildman–Crippen MR) is 131 cm³/mol. The first-order valence-electron chi connectivity index (χ1n) is 11.3. The normalized spacial score (nSPS) is 17.1. The van der Waals surface area contributed by atoms with Crippen molar-refractivity contribution in [3.8, 4) is 23.3 Å². The fraction of sp³-hybridized carbons (Fsp3) is 0.440. The molecule has 3 heterocycles. The van der Waals surface area contributed by atoms with Gasteiger partial charge in [0.05, 0.1) is 25.8 Å². The number of ether oxygens (including phenoxy) is 2. The summed E-state index contributed by atoms with van der Waals surface area (Å²) in [7, 11) is 7.55. The summed E-state index contributed by atoms with van der Waals surface area (Å²) in [4.78, 5) is 9.26. The molecule has 2 aromatic heterocycles. The van der Waals surface area contributed by atoms with Crippen molar-refractivity contribution in [2.45, 2.75) is 32.0 Å². The van der Waals surface area contributed by atoms with E-state index in [-0.39, 0.29) is 0 Å². The zero-order valence-corrected chi connectivity index (χ0v) is 20.0. The maximum absolute atomic E-state index is 5.36. The highest BCUT2D eigenvalue weighted by molar-refractivity contribution is 5.92. The Kier molecular flexibility index (Phi) is 7.02. The van der Waals surface area contributed by atoms with E-state index in [1.54, 1.807) is 20.4 Å². The van der Waals surface area contributed by atoms with Gasteiger partial charge in [0.2, 0.25) is 0 Å². The molecule has 2 N–H and O–H groups in total. The highest BCUT2D eigenvalue weighted by Gasteiger charge is 2.29. The van der Waals surface area contributed by atoms with Crippen molar-refractivity contribution in [3.05, 3.63) is 41.6 Å². The van der Waals surface area contributed by atoms with Crippen LogP contribution in [0.15, 0.2) is 30.5 Å². The Morgan fingerprint density at radius 3 is 2.64 bits per heavy atom. The number of hydrogen-bond donors (Lipinski definition) is 2. The van der Waals surface area contributed by atoms with E-state index >= 15 is 0 Å². The molecule has 0 unspecified atom stereocenters. The molecule has 0 bridgehead atoms. The number of H-pyrrole nitrogens is 1. The lowest BCUT2D eigenvalue weighted by atomic mass is 10.1. The molecule has 0 aliphatic carbocycles. The predicted octanol–water partition coefficient (Wildman–Crippen LogP) is 3.16. The second kappa shape index (κ2) is 10.1. The van der Waals surface area contributed by atoms with Gasteiger partial charge in [-0.2, -0.15) is 5.10 Å². The van der Waals surface area contributed by atoms with Gasteiger partial charge in [0.1, 0.15) is 11.5 Å². The van der Waals surface area contributed by atoms with Crippen LogP contribution in [0.3, 0.4) is 0 Å². The standard InChI is InChI=1S/C25H32N6O2/c1-6-22(30(2)3)31-12-10-19(16-31)27-25-23-18(9-11-26-24(23)28-29-25)8-7-17-13-20(32-4)15-21(14-17)33-5/h9,11,13-15,19,22H,6,10,12,16H2,1-5H3,(H2,26,27,28,29)/t19-,22-/m0/s1. The highest BCUT2D eigenvalue weighted by Crippen LogP contribution is 2.26. The molecule has 1 aliphatic rings.